The Kier molecular flexibility index (Phi) is 3.46. The van der Waals surface area contributed by atoms with E-state index in [1.807, 2.05) is 12.1 Å². The number of hydrogen-bond donors (Lipinski definition) is 2. The molecular formula is C15H18F2N2O. The van der Waals surface area contributed by atoms with Crippen LogP contribution in [0.4, 0.5) is 8.78 Å². The van der Waals surface area contributed by atoms with Crippen molar-refractivity contribution in [2.75, 3.05) is 13.1 Å². The predicted octanol–water partition coefficient (Wildman–Crippen LogP) is 1.83. The Bertz CT molecular complexity index is 518. The van der Waals surface area contributed by atoms with Gasteiger partial charge in [-0.3, -0.25) is 10.1 Å². The maximum absolute atomic E-state index is 13.1. The number of benzene rings is 1. The average molecular weight is 280 g/mol. The molecule has 0 radical (unpaired) electrons. The minimum absolute atomic E-state index is 0.303. The summed E-state index contributed by atoms with van der Waals surface area (Å²) in [6.45, 7) is 0.122. The fourth-order valence-electron chi connectivity index (χ4n) is 3.11. The minimum atomic E-state index is -2.76. The van der Waals surface area contributed by atoms with E-state index in [0.717, 1.165) is 12.8 Å². The van der Waals surface area contributed by atoms with Crippen LogP contribution < -0.4 is 10.6 Å². The Balaban J connectivity index is 1.55. The molecular weight excluding hydrogens is 262 g/mol. The van der Waals surface area contributed by atoms with Gasteiger partial charge < -0.3 is 5.32 Å². The highest BCUT2D eigenvalue weighted by Crippen LogP contribution is 2.32. The largest absolute Gasteiger partial charge is 0.354 e. The second-order valence-corrected chi connectivity index (χ2v) is 5.67. The normalized spacial score (nSPS) is 27.3. The second-order valence-electron chi connectivity index (χ2n) is 5.67. The summed E-state index contributed by atoms with van der Waals surface area (Å²) in [5.41, 5.74) is 2.61. The molecule has 1 aliphatic carbocycles. The number of hydrogen-bond acceptors (Lipinski definition) is 2. The molecule has 20 heavy (non-hydrogen) atoms. The van der Waals surface area contributed by atoms with Crippen LogP contribution in [0.3, 0.4) is 0 Å². The first-order chi connectivity index (χ1) is 9.55. The van der Waals surface area contributed by atoms with Crippen LogP contribution in [0.25, 0.3) is 0 Å². The second kappa shape index (κ2) is 5.13. The zero-order valence-corrected chi connectivity index (χ0v) is 11.2. The summed E-state index contributed by atoms with van der Waals surface area (Å²) >= 11 is 0. The molecule has 3 nitrogen and oxygen atoms in total. The summed E-state index contributed by atoms with van der Waals surface area (Å²) in [5.74, 6) is -2.77. The van der Waals surface area contributed by atoms with E-state index in [0.29, 0.717) is 12.5 Å². The highest BCUT2D eigenvalue weighted by molar-refractivity contribution is 5.82. The lowest BCUT2D eigenvalue weighted by molar-refractivity contribution is -0.123. The van der Waals surface area contributed by atoms with E-state index >= 15 is 0 Å². The van der Waals surface area contributed by atoms with E-state index in [-0.39, 0.29) is 5.91 Å². The molecule has 1 saturated heterocycles. The first-order valence-corrected chi connectivity index (χ1v) is 7.02. The van der Waals surface area contributed by atoms with Crippen molar-refractivity contribution in [2.45, 2.75) is 37.1 Å². The molecule has 1 amide bonds. The maximum Gasteiger partial charge on any atom is 0.262 e. The lowest BCUT2D eigenvalue weighted by atomic mass is 10.0. The third-order valence-corrected chi connectivity index (χ3v) is 4.21. The van der Waals surface area contributed by atoms with Crippen molar-refractivity contribution in [3.63, 3.8) is 0 Å². The Morgan fingerprint density at radius 2 is 2.20 bits per heavy atom. The summed E-state index contributed by atoms with van der Waals surface area (Å²) < 4.78 is 26.1. The fraction of sp³-hybridized carbons (Fsp3) is 0.533. The van der Waals surface area contributed by atoms with Crippen LogP contribution in [0.2, 0.25) is 0 Å². The van der Waals surface area contributed by atoms with E-state index in [1.54, 1.807) is 0 Å². The summed E-state index contributed by atoms with van der Waals surface area (Å²) in [5, 5.41) is 5.39. The lowest BCUT2D eigenvalue weighted by Gasteiger charge is -2.15. The third kappa shape index (κ3) is 2.68. The number of rotatable bonds is 3. The molecule has 0 spiro atoms. The van der Waals surface area contributed by atoms with Crippen molar-refractivity contribution < 1.29 is 13.6 Å². The Morgan fingerprint density at radius 1 is 1.40 bits per heavy atom. The summed E-state index contributed by atoms with van der Waals surface area (Å²) in [7, 11) is 0. The Morgan fingerprint density at radius 3 is 2.95 bits per heavy atom. The van der Waals surface area contributed by atoms with Crippen LogP contribution in [0, 0.1) is 0 Å². The highest BCUT2D eigenvalue weighted by Gasteiger charge is 2.42. The third-order valence-electron chi connectivity index (χ3n) is 4.21. The van der Waals surface area contributed by atoms with E-state index in [2.05, 4.69) is 22.8 Å². The van der Waals surface area contributed by atoms with Crippen molar-refractivity contribution in [3.05, 3.63) is 35.4 Å². The van der Waals surface area contributed by atoms with E-state index < -0.39 is 24.9 Å². The zero-order valence-electron chi connectivity index (χ0n) is 11.2. The Hall–Kier alpha value is -1.49. The van der Waals surface area contributed by atoms with Gasteiger partial charge in [-0.15, -0.1) is 0 Å². The van der Waals surface area contributed by atoms with Gasteiger partial charge in [-0.1, -0.05) is 24.3 Å². The van der Waals surface area contributed by atoms with Crippen molar-refractivity contribution in [3.8, 4) is 0 Å². The molecule has 1 aromatic carbocycles. The number of aryl methyl sites for hydroxylation is 1. The molecule has 0 saturated carbocycles. The van der Waals surface area contributed by atoms with Crippen molar-refractivity contribution in [1.29, 1.82) is 0 Å². The lowest BCUT2D eigenvalue weighted by Crippen LogP contribution is -2.41. The molecule has 2 N–H and O–H groups in total. The first-order valence-electron chi connectivity index (χ1n) is 7.02. The van der Waals surface area contributed by atoms with Gasteiger partial charge >= 0.3 is 0 Å². The molecule has 3 rings (SSSR count). The monoisotopic (exact) mass is 280 g/mol. The van der Waals surface area contributed by atoms with Gasteiger partial charge in [-0.2, -0.15) is 0 Å². The van der Waals surface area contributed by atoms with Crippen molar-refractivity contribution in [2.24, 2.45) is 0 Å². The van der Waals surface area contributed by atoms with Crippen molar-refractivity contribution >= 4 is 5.91 Å². The van der Waals surface area contributed by atoms with Crippen LogP contribution in [-0.2, 0) is 11.2 Å². The molecule has 1 aliphatic heterocycles. The molecule has 2 unspecified atom stereocenters. The topological polar surface area (TPSA) is 41.1 Å². The van der Waals surface area contributed by atoms with Crippen molar-refractivity contribution in [1.82, 2.24) is 10.6 Å². The smallest absolute Gasteiger partial charge is 0.262 e. The molecule has 0 bridgehead atoms. The number of amides is 1. The molecule has 108 valence electrons. The van der Waals surface area contributed by atoms with Gasteiger partial charge in [0.15, 0.2) is 0 Å². The number of carbonyl (C=O) groups excluding carboxylic acids is 1. The average Bonchev–Trinajstić information content (AvgIpc) is 2.99. The van der Waals surface area contributed by atoms with Gasteiger partial charge in [0.1, 0.15) is 0 Å². The van der Waals surface area contributed by atoms with Crippen LogP contribution in [0.5, 0.6) is 0 Å². The van der Waals surface area contributed by atoms with Gasteiger partial charge in [-0.25, -0.2) is 8.78 Å². The number of alkyl halides is 2. The summed E-state index contributed by atoms with van der Waals surface area (Å²) in [6.07, 6.45) is 1.63. The van der Waals surface area contributed by atoms with Gasteiger partial charge in [0.05, 0.1) is 12.6 Å². The maximum atomic E-state index is 13.1. The zero-order chi connectivity index (χ0) is 14.2. The van der Waals surface area contributed by atoms with Gasteiger partial charge in [-0.05, 0) is 24.0 Å². The molecule has 1 fully saturated rings. The standard InChI is InChI=1S/C15H18F2N2O/c16-15(17)7-13(19-9-15)14(20)18-8-11-6-5-10-3-1-2-4-12(10)11/h1-4,11,13,19H,5-9H2,(H,18,20). The molecule has 2 aliphatic rings. The summed E-state index contributed by atoms with van der Waals surface area (Å²) in [6, 6.07) is 7.45. The number of fused-ring (bicyclic) bond motifs is 1. The molecule has 1 aromatic rings. The van der Waals surface area contributed by atoms with Crippen LogP contribution >= 0.6 is 0 Å². The number of nitrogens with one attached hydrogen (secondary N) is 2. The molecule has 5 heteroatoms. The quantitative estimate of drug-likeness (QED) is 0.887. The molecule has 1 heterocycles. The predicted molar refractivity (Wildman–Crippen MR) is 71.9 cm³/mol. The first kappa shape index (κ1) is 13.5. The van der Waals surface area contributed by atoms with Crippen LogP contribution in [0.15, 0.2) is 24.3 Å². The fourth-order valence-corrected chi connectivity index (χ4v) is 3.11. The molecule has 0 aromatic heterocycles. The summed E-state index contributed by atoms with van der Waals surface area (Å²) in [4.78, 5) is 11.9. The minimum Gasteiger partial charge on any atom is -0.354 e. The SMILES string of the molecule is O=C(NCC1CCc2ccccc21)C1CC(F)(F)CN1. The highest BCUT2D eigenvalue weighted by atomic mass is 19.3. The number of halogens is 2. The van der Waals surface area contributed by atoms with E-state index in [4.69, 9.17) is 0 Å². The van der Waals surface area contributed by atoms with Gasteiger partial charge in [0.2, 0.25) is 5.91 Å². The Labute approximate surface area is 116 Å². The van der Waals surface area contributed by atoms with Crippen LogP contribution in [0.1, 0.15) is 29.9 Å². The van der Waals surface area contributed by atoms with Crippen LogP contribution in [-0.4, -0.2) is 31.0 Å². The van der Waals surface area contributed by atoms with Gasteiger partial charge in [0, 0.05) is 18.9 Å². The van der Waals surface area contributed by atoms with E-state index in [9.17, 15) is 13.6 Å². The molecule has 2 atom stereocenters. The van der Waals surface area contributed by atoms with E-state index in [1.165, 1.54) is 11.1 Å². The van der Waals surface area contributed by atoms with Gasteiger partial charge in [0.25, 0.3) is 5.92 Å². The number of carbonyl (C=O) groups is 1.